The minimum absolute atomic E-state index is 0.105. The molecule has 0 bridgehead atoms. The molecule has 3 N–H and O–H groups in total. The highest BCUT2D eigenvalue weighted by Gasteiger charge is 2.31. The summed E-state index contributed by atoms with van der Waals surface area (Å²) in [7, 11) is -1.02. The highest BCUT2D eigenvalue weighted by atomic mass is 32.2. The molecule has 2 atom stereocenters. The number of nitrogens with two attached hydrogens (primary N) is 1. The Morgan fingerprint density at radius 1 is 1.62 bits per heavy atom. The summed E-state index contributed by atoms with van der Waals surface area (Å²) < 4.78 is 0. The molecule has 0 aromatic carbocycles. The lowest BCUT2D eigenvalue weighted by Gasteiger charge is -2.20. The standard InChI is InChI=1S/C8H18N2OSSi/c1-13(2,3)5-7-10-6(4-12-7)8(9)11/h6-7,10H,4-5H2,1-3H3,(H2,9,11). The van der Waals surface area contributed by atoms with Crippen molar-refractivity contribution in [1.29, 1.82) is 0 Å². The summed E-state index contributed by atoms with van der Waals surface area (Å²) in [5, 5.41) is 3.72. The van der Waals surface area contributed by atoms with Crippen molar-refractivity contribution < 1.29 is 4.79 Å². The average Bonchev–Trinajstić information content (AvgIpc) is 2.31. The summed E-state index contributed by atoms with van der Waals surface area (Å²) in [6.07, 6.45) is 0. The zero-order valence-corrected chi connectivity index (χ0v) is 10.3. The van der Waals surface area contributed by atoms with Gasteiger partial charge in [0.15, 0.2) is 0 Å². The summed E-state index contributed by atoms with van der Waals surface area (Å²) in [4.78, 5) is 10.9. The van der Waals surface area contributed by atoms with E-state index >= 15 is 0 Å². The lowest BCUT2D eigenvalue weighted by molar-refractivity contribution is -0.119. The first-order valence-electron chi connectivity index (χ1n) is 4.55. The molecule has 3 nitrogen and oxygen atoms in total. The third kappa shape index (κ3) is 3.70. The third-order valence-corrected chi connectivity index (χ3v) is 5.15. The number of primary amides is 1. The van der Waals surface area contributed by atoms with E-state index in [1.54, 1.807) is 0 Å². The van der Waals surface area contributed by atoms with E-state index in [1.807, 2.05) is 11.8 Å². The molecule has 1 aliphatic rings. The van der Waals surface area contributed by atoms with Gasteiger partial charge in [-0.1, -0.05) is 19.6 Å². The molecule has 0 aromatic heterocycles. The van der Waals surface area contributed by atoms with Crippen LogP contribution < -0.4 is 11.1 Å². The van der Waals surface area contributed by atoms with Crippen LogP contribution in [0, 0.1) is 0 Å². The molecule has 0 aliphatic carbocycles. The Hall–Kier alpha value is -0.00312. The Morgan fingerprint density at radius 3 is 2.62 bits per heavy atom. The number of amides is 1. The SMILES string of the molecule is C[Si](C)(C)CC1NC(C(N)=O)CS1. The fraction of sp³-hybridized carbons (Fsp3) is 0.875. The van der Waals surface area contributed by atoms with Crippen LogP contribution in [0.25, 0.3) is 0 Å². The van der Waals surface area contributed by atoms with Gasteiger partial charge in [-0.05, 0) is 6.04 Å². The Kier molecular flexibility index (Phi) is 3.42. The number of nitrogens with one attached hydrogen (secondary N) is 1. The van der Waals surface area contributed by atoms with Crippen LogP contribution in [0.2, 0.25) is 25.7 Å². The molecule has 1 amide bonds. The second kappa shape index (κ2) is 4.02. The Bertz CT molecular complexity index is 205. The highest BCUT2D eigenvalue weighted by Crippen LogP contribution is 2.26. The van der Waals surface area contributed by atoms with Crippen LogP contribution in [-0.2, 0) is 4.79 Å². The predicted octanol–water partition coefficient (Wildman–Crippen LogP) is 0.841. The second-order valence-electron chi connectivity index (χ2n) is 4.71. The van der Waals surface area contributed by atoms with Gasteiger partial charge in [0.1, 0.15) is 0 Å². The fourth-order valence-corrected chi connectivity index (χ4v) is 5.52. The van der Waals surface area contributed by atoms with E-state index in [-0.39, 0.29) is 11.9 Å². The van der Waals surface area contributed by atoms with Crippen molar-refractivity contribution in [3.8, 4) is 0 Å². The third-order valence-electron chi connectivity index (χ3n) is 1.99. The minimum atomic E-state index is -1.02. The van der Waals surface area contributed by atoms with E-state index in [9.17, 15) is 4.79 Å². The number of carbonyl (C=O) groups is 1. The van der Waals surface area contributed by atoms with Gasteiger partial charge in [-0.25, -0.2) is 0 Å². The molecule has 1 aliphatic heterocycles. The van der Waals surface area contributed by atoms with E-state index in [1.165, 1.54) is 6.04 Å². The lowest BCUT2D eigenvalue weighted by Crippen LogP contribution is -2.42. The van der Waals surface area contributed by atoms with Crippen LogP contribution in [0.4, 0.5) is 0 Å². The lowest BCUT2D eigenvalue weighted by atomic mass is 10.3. The summed E-state index contributed by atoms with van der Waals surface area (Å²) in [6, 6.07) is 1.10. The van der Waals surface area contributed by atoms with Crippen LogP contribution in [-0.4, -0.2) is 31.1 Å². The van der Waals surface area contributed by atoms with Gasteiger partial charge in [-0.2, -0.15) is 0 Å². The summed E-state index contributed by atoms with van der Waals surface area (Å²) in [6.45, 7) is 7.02. The maximum atomic E-state index is 10.9. The van der Waals surface area contributed by atoms with Crippen molar-refractivity contribution in [1.82, 2.24) is 5.32 Å². The maximum absolute atomic E-state index is 10.9. The van der Waals surface area contributed by atoms with Gasteiger partial charge < -0.3 is 5.73 Å². The summed E-state index contributed by atoms with van der Waals surface area (Å²) >= 11 is 1.83. The molecule has 0 aromatic rings. The second-order valence-corrected chi connectivity index (χ2v) is 11.5. The van der Waals surface area contributed by atoms with Gasteiger partial charge in [0, 0.05) is 13.8 Å². The molecule has 0 spiro atoms. The topological polar surface area (TPSA) is 55.1 Å². The average molecular weight is 218 g/mol. The van der Waals surface area contributed by atoms with Crippen molar-refractivity contribution in [3.63, 3.8) is 0 Å². The highest BCUT2D eigenvalue weighted by molar-refractivity contribution is 8.00. The van der Waals surface area contributed by atoms with Gasteiger partial charge in [-0.3, -0.25) is 10.1 Å². The van der Waals surface area contributed by atoms with Crippen LogP contribution in [0.1, 0.15) is 0 Å². The van der Waals surface area contributed by atoms with Gasteiger partial charge in [0.25, 0.3) is 0 Å². The van der Waals surface area contributed by atoms with Gasteiger partial charge in [0.05, 0.1) is 11.4 Å². The first kappa shape index (κ1) is 11.1. The Labute approximate surface area is 84.8 Å². The molecule has 1 saturated heterocycles. The van der Waals surface area contributed by atoms with Crippen molar-refractivity contribution >= 4 is 25.7 Å². The van der Waals surface area contributed by atoms with Gasteiger partial charge in [-0.15, -0.1) is 11.8 Å². The summed E-state index contributed by atoms with van der Waals surface area (Å²) in [5.41, 5.74) is 5.22. The van der Waals surface area contributed by atoms with E-state index in [0.717, 1.165) is 5.75 Å². The van der Waals surface area contributed by atoms with E-state index < -0.39 is 8.07 Å². The molecule has 1 heterocycles. The zero-order valence-electron chi connectivity index (χ0n) is 8.46. The molecule has 0 radical (unpaired) electrons. The molecule has 0 saturated carbocycles. The Balaban J connectivity index is 2.38. The molecule has 1 fully saturated rings. The maximum Gasteiger partial charge on any atom is 0.235 e. The van der Waals surface area contributed by atoms with Gasteiger partial charge >= 0.3 is 0 Å². The zero-order chi connectivity index (χ0) is 10.1. The van der Waals surface area contributed by atoms with E-state index in [2.05, 4.69) is 25.0 Å². The number of hydrogen-bond donors (Lipinski definition) is 2. The monoisotopic (exact) mass is 218 g/mol. The summed E-state index contributed by atoms with van der Waals surface area (Å²) in [5.74, 6) is 0.621. The minimum Gasteiger partial charge on any atom is -0.368 e. The largest absolute Gasteiger partial charge is 0.368 e. The Morgan fingerprint density at radius 2 is 2.23 bits per heavy atom. The molecule has 5 heteroatoms. The van der Waals surface area contributed by atoms with Crippen molar-refractivity contribution in [2.75, 3.05) is 5.75 Å². The number of carbonyl (C=O) groups excluding carboxylic acids is 1. The molecule has 76 valence electrons. The smallest absolute Gasteiger partial charge is 0.235 e. The van der Waals surface area contributed by atoms with Crippen molar-refractivity contribution in [3.05, 3.63) is 0 Å². The molecule has 13 heavy (non-hydrogen) atoms. The van der Waals surface area contributed by atoms with Crippen LogP contribution in [0.15, 0.2) is 0 Å². The van der Waals surface area contributed by atoms with E-state index in [0.29, 0.717) is 5.37 Å². The fourth-order valence-electron chi connectivity index (χ4n) is 1.37. The van der Waals surface area contributed by atoms with Crippen LogP contribution >= 0.6 is 11.8 Å². The first-order valence-corrected chi connectivity index (χ1v) is 9.31. The molecular weight excluding hydrogens is 200 g/mol. The quantitative estimate of drug-likeness (QED) is 0.690. The molecule has 1 rings (SSSR count). The van der Waals surface area contributed by atoms with Crippen molar-refractivity contribution in [2.24, 2.45) is 5.73 Å². The van der Waals surface area contributed by atoms with Crippen LogP contribution in [0.5, 0.6) is 0 Å². The van der Waals surface area contributed by atoms with Crippen LogP contribution in [0.3, 0.4) is 0 Å². The molecular formula is C8H18N2OSSi. The number of rotatable bonds is 3. The van der Waals surface area contributed by atoms with Gasteiger partial charge in [0.2, 0.25) is 5.91 Å². The van der Waals surface area contributed by atoms with Crippen molar-refractivity contribution in [2.45, 2.75) is 37.1 Å². The number of hydrogen-bond acceptors (Lipinski definition) is 3. The first-order chi connectivity index (χ1) is 5.88. The normalized spacial score (nSPS) is 29.2. The predicted molar refractivity (Wildman–Crippen MR) is 60.5 cm³/mol. The number of thioether (sulfide) groups is 1. The molecule has 2 unspecified atom stereocenters. The van der Waals surface area contributed by atoms with E-state index in [4.69, 9.17) is 5.73 Å².